The van der Waals surface area contributed by atoms with Gasteiger partial charge in [-0.1, -0.05) is 24.3 Å². The van der Waals surface area contributed by atoms with Gasteiger partial charge in [-0.3, -0.25) is 9.69 Å². The molecule has 1 N–H and O–H groups in total. The molecule has 0 saturated carbocycles. The normalized spacial score (nSPS) is 11.0. The van der Waals surface area contributed by atoms with Gasteiger partial charge in [0.1, 0.15) is 5.75 Å². The molecule has 7 heteroatoms. The number of rotatable bonds is 9. The van der Waals surface area contributed by atoms with E-state index >= 15 is 0 Å². The van der Waals surface area contributed by atoms with Gasteiger partial charge in [0, 0.05) is 18.0 Å². The number of ether oxygens (including phenoxy) is 1. The number of halogens is 2. The van der Waals surface area contributed by atoms with Crippen LogP contribution >= 0.6 is 11.8 Å². The van der Waals surface area contributed by atoms with E-state index in [2.05, 4.69) is 34.3 Å². The van der Waals surface area contributed by atoms with Crippen LogP contribution in [0, 0.1) is 0 Å². The van der Waals surface area contributed by atoms with Crippen molar-refractivity contribution in [1.82, 2.24) is 10.2 Å². The average molecular weight is 380 g/mol. The number of thioether (sulfide) groups is 1. The summed E-state index contributed by atoms with van der Waals surface area (Å²) in [5, 5.41) is 2.82. The molecule has 0 aliphatic carbocycles. The Balaban J connectivity index is 1.75. The zero-order chi connectivity index (χ0) is 18.9. The third-order valence-corrected chi connectivity index (χ3v) is 4.41. The molecule has 0 unspecified atom stereocenters. The third-order valence-electron chi connectivity index (χ3n) is 3.66. The van der Waals surface area contributed by atoms with Crippen LogP contribution in [0.3, 0.4) is 0 Å². The maximum absolute atomic E-state index is 12.1. The largest absolute Gasteiger partial charge is 0.435 e. The van der Waals surface area contributed by atoms with Gasteiger partial charge < -0.3 is 10.1 Å². The Morgan fingerprint density at radius 1 is 1.12 bits per heavy atom. The number of benzene rings is 2. The molecule has 0 bridgehead atoms. The number of alkyl halides is 2. The lowest BCUT2D eigenvalue weighted by Crippen LogP contribution is -2.34. The number of nitrogens with one attached hydrogen (secondary N) is 1. The smallest absolute Gasteiger partial charge is 0.387 e. The first kappa shape index (κ1) is 20.2. The van der Waals surface area contributed by atoms with E-state index in [0.717, 1.165) is 11.1 Å². The summed E-state index contributed by atoms with van der Waals surface area (Å²) in [7, 11) is 1.89. The number of hydrogen-bond donors (Lipinski definition) is 1. The van der Waals surface area contributed by atoms with E-state index in [1.807, 2.05) is 18.2 Å². The summed E-state index contributed by atoms with van der Waals surface area (Å²) in [5.74, 6) is 0.00319. The van der Waals surface area contributed by atoms with Gasteiger partial charge in [-0.2, -0.15) is 8.78 Å². The van der Waals surface area contributed by atoms with Gasteiger partial charge in [-0.05, 0) is 48.7 Å². The number of likely N-dealkylation sites (N-methyl/N-ethyl adjacent to an activating group) is 1. The topological polar surface area (TPSA) is 41.6 Å². The third kappa shape index (κ3) is 7.01. The van der Waals surface area contributed by atoms with E-state index in [1.54, 1.807) is 23.9 Å². The quantitative estimate of drug-likeness (QED) is 0.673. The number of carbonyl (C=O) groups excluding carboxylic acids is 1. The van der Waals surface area contributed by atoms with Gasteiger partial charge in [0.2, 0.25) is 5.91 Å². The Kier molecular flexibility index (Phi) is 7.87. The SMILES string of the molecule is CSc1ccc(CN(C)CC(=O)NCc2ccc(OC(F)F)cc2)cc1. The van der Waals surface area contributed by atoms with Crippen LogP contribution in [-0.4, -0.2) is 37.3 Å². The molecule has 2 rings (SSSR count). The van der Waals surface area contributed by atoms with Crippen molar-refractivity contribution in [2.24, 2.45) is 0 Å². The van der Waals surface area contributed by atoms with Crippen LogP contribution in [0.5, 0.6) is 5.75 Å². The molecule has 0 spiro atoms. The van der Waals surface area contributed by atoms with E-state index in [0.29, 0.717) is 13.1 Å². The van der Waals surface area contributed by atoms with Crippen LogP contribution in [-0.2, 0) is 17.9 Å². The van der Waals surface area contributed by atoms with Crippen LogP contribution in [0.4, 0.5) is 8.78 Å². The molecule has 0 aliphatic rings. The molecule has 26 heavy (non-hydrogen) atoms. The monoisotopic (exact) mass is 380 g/mol. The summed E-state index contributed by atoms with van der Waals surface area (Å²) < 4.78 is 28.5. The number of nitrogens with zero attached hydrogens (tertiary/aromatic N) is 1. The minimum atomic E-state index is -2.84. The first-order chi connectivity index (χ1) is 12.5. The van der Waals surface area contributed by atoms with Crippen molar-refractivity contribution in [2.75, 3.05) is 19.8 Å². The first-order valence-electron chi connectivity index (χ1n) is 8.08. The van der Waals surface area contributed by atoms with Crippen molar-refractivity contribution in [3.05, 3.63) is 59.7 Å². The van der Waals surface area contributed by atoms with E-state index < -0.39 is 6.61 Å². The fourth-order valence-corrected chi connectivity index (χ4v) is 2.80. The van der Waals surface area contributed by atoms with Crippen LogP contribution in [0.15, 0.2) is 53.4 Å². The molecule has 0 radical (unpaired) electrons. The molecule has 1 amide bonds. The lowest BCUT2D eigenvalue weighted by Gasteiger charge is -2.16. The highest BCUT2D eigenvalue weighted by atomic mass is 32.2. The van der Waals surface area contributed by atoms with Crippen LogP contribution in [0.1, 0.15) is 11.1 Å². The molecular weight excluding hydrogens is 358 g/mol. The fourth-order valence-electron chi connectivity index (χ4n) is 2.39. The summed E-state index contributed by atoms with van der Waals surface area (Å²) in [5.41, 5.74) is 1.96. The molecule has 2 aromatic carbocycles. The Morgan fingerprint density at radius 2 is 1.73 bits per heavy atom. The summed E-state index contributed by atoms with van der Waals surface area (Å²) in [4.78, 5) is 15.2. The highest BCUT2D eigenvalue weighted by Gasteiger charge is 2.08. The highest BCUT2D eigenvalue weighted by Crippen LogP contribution is 2.16. The van der Waals surface area contributed by atoms with Gasteiger partial charge in [-0.25, -0.2) is 0 Å². The van der Waals surface area contributed by atoms with Crippen molar-refractivity contribution < 1.29 is 18.3 Å². The van der Waals surface area contributed by atoms with Crippen molar-refractivity contribution in [1.29, 1.82) is 0 Å². The second-order valence-electron chi connectivity index (χ2n) is 5.82. The molecule has 0 saturated heterocycles. The minimum absolute atomic E-state index is 0.0962. The maximum atomic E-state index is 12.1. The van der Waals surface area contributed by atoms with Crippen molar-refractivity contribution >= 4 is 17.7 Å². The molecule has 0 heterocycles. The van der Waals surface area contributed by atoms with Gasteiger partial charge in [0.25, 0.3) is 0 Å². The Bertz CT molecular complexity index is 694. The highest BCUT2D eigenvalue weighted by molar-refractivity contribution is 7.98. The van der Waals surface area contributed by atoms with Gasteiger partial charge in [-0.15, -0.1) is 11.8 Å². The lowest BCUT2D eigenvalue weighted by molar-refractivity contribution is -0.122. The van der Waals surface area contributed by atoms with E-state index in [9.17, 15) is 13.6 Å². The van der Waals surface area contributed by atoms with Crippen LogP contribution in [0.25, 0.3) is 0 Å². The number of carbonyl (C=O) groups is 1. The van der Waals surface area contributed by atoms with Crippen LogP contribution in [0.2, 0.25) is 0 Å². The second-order valence-corrected chi connectivity index (χ2v) is 6.70. The maximum Gasteiger partial charge on any atom is 0.387 e. The molecule has 140 valence electrons. The average Bonchev–Trinajstić information content (AvgIpc) is 2.61. The number of hydrogen-bond acceptors (Lipinski definition) is 4. The summed E-state index contributed by atoms with van der Waals surface area (Å²) in [6.07, 6.45) is 2.03. The molecule has 4 nitrogen and oxygen atoms in total. The van der Waals surface area contributed by atoms with E-state index in [4.69, 9.17) is 0 Å². The van der Waals surface area contributed by atoms with Crippen LogP contribution < -0.4 is 10.1 Å². The zero-order valence-electron chi connectivity index (χ0n) is 14.7. The fraction of sp³-hybridized carbons (Fsp3) is 0.316. The summed E-state index contributed by atoms with van der Waals surface area (Å²) >= 11 is 1.69. The molecule has 0 fully saturated rings. The second kappa shape index (κ2) is 10.1. The van der Waals surface area contributed by atoms with Crippen molar-refractivity contribution in [3.8, 4) is 5.75 Å². The molecular formula is C19H22F2N2O2S. The Hall–Kier alpha value is -2.12. The summed E-state index contributed by atoms with van der Waals surface area (Å²) in [6.45, 7) is -1.55. The molecule has 2 aromatic rings. The van der Waals surface area contributed by atoms with Crippen molar-refractivity contribution in [2.45, 2.75) is 24.6 Å². The van der Waals surface area contributed by atoms with E-state index in [-0.39, 0.29) is 18.2 Å². The minimum Gasteiger partial charge on any atom is -0.435 e. The van der Waals surface area contributed by atoms with Gasteiger partial charge in [0.05, 0.1) is 6.54 Å². The van der Waals surface area contributed by atoms with Gasteiger partial charge >= 0.3 is 6.61 Å². The molecule has 0 aromatic heterocycles. The predicted octanol–water partition coefficient (Wildman–Crippen LogP) is 3.76. The first-order valence-corrected chi connectivity index (χ1v) is 9.30. The zero-order valence-corrected chi connectivity index (χ0v) is 15.6. The van der Waals surface area contributed by atoms with Gasteiger partial charge in [0.15, 0.2) is 0 Å². The van der Waals surface area contributed by atoms with Crippen molar-refractivity contribution in [3.63, 3.8) is 0 Å². The number of amides is 1. The van der Waals surface area contributed by atoms with E-state index in [1.165, 1.54) is 17.0 Å². The standard InChI is InChI=1S/C19H22F2N2O2S/c1-23(12-15-5-9-17(26-2)10-6-15)13-18(24)22-11-14-3-7-16(8-4-14)25-19(20)21/h3-10,19H,11-13H2,1-2H3,(H,22,24). The molecule has 0 atom stereocenters. The summed E-state index contributed by atoms with van der Waals surface area (Å²) in [6, 6.07) is 14.5. The Morgan fingerprint density at radius 3 is 2.31 bits per heavy atom. The predicted molar refractivity (Wildman–Crippen MR) is 99.5 cm³/mol. The lowest BCUT2D eigenvalue weighted by atomic mass is 10.2. The molecule has 0 aliphatic heterocycles. The Labute approximate surface area is 156 Å².